The van der Waals surface area contributed by atoms with Crippen LogP contribution in [-0.4, -0.2) is 37.0 Å². The minimum absolute atomic E-state index is 0.154. The third-order valence-corrected chi connectivity index (χ3v) is 7.26. The third kappa shape index (κ3) is 4.84. The second kappa shape index (κ2) is 9.54. The van der Waals surface area contributed by atoms with E-state index in [1.165, 1.54) is 19.4 Å². The molecule has 0 bridgehead atoms. The van der Waals surface area contributed by atoms with E-state index in [9.17, 15) is 13.2 Å². The van der Waals surface area contributed by atoms with Crippen LogP contribution >= 0.6 is 11.6 Å². The number of nitrogens with zero attached hydrogens (tertiary/aromatic N) is 2. The largest absolute Gasteiger partial charge is 0.495 e. The molecule has 0 aliphatic rings. The van der Waals surface area contributed by atoms with E-state index in [1.54, 1.807) is 51.1 Å². The van der Waals surface area contributed by atoms with Gasteiger partial charge in [-0.2, -0.15) is 4.98 Å². The summed E-state index contributed by atoms with van der Waals surface area (Å²) < 4.78 is 30.8. The molecule has 1 heterocycles. The number of aromatic nitrogens is 2. The Morgan fingerprint density at radius 2 is 1.84 bits per heavy atom. The number of carbonyl (C=O) groups excluding carboxylic acids is 1. The molecule has 0 fully saturated rings. The maximum absolute atomic E-state index is 12.7. The molecule has 3 aromatic rings. The lowest BCUT2D eigenvalue weighted by Gasteiger charge is -2.16. The van der Waals surface area contributed by atoms with E-state index in [0.717, 1.165) is 11.8 Å². The zero-order valence-electron chi connectivity index (χ0n) is 18.0. The van der Waals surface area contributed by atoms with Gasteiger partial charge in [-0.3, -0.25) is 4.79 Å². The van der Waals surface area contributed by atoms with Crippen LogP contribution in [0.5, 0.6) is 5.75 Å². The SMILES string of the molecule is COc1cc(C=O)c(C)cc1Nc1ncc(Cl)c(Nc2ccccc2S(=O)(=O)C(C)C)n1. The molecule has 0 amide bonds. The van der Waals surface area contributed by atoms with E-state index in [4.69, 9.17) is 16.3 Å². The van der Waals surface area contributed by atoms with Crippen molar-refractivity contribution in [3.05, 3.63) is 58.7 Å². The molecule has 168 valence electrons. The molecule has 0 radical (unpaired) electrons. The number of sulfone groups is 1. The standard InChI is InChI=1S/C22H23ClN4O4S/c1-13(2)32(29,30)20-8-6-5-7-17(20)25-21-16(23)11-24-22(27-21)26-18-9-14(3)15(12-28)10-19(18)31-4/h5-13H,1-4H3,(H2,24,25,26,27). The summed E-state index contributed by atoms with van der Waals surface area (Å²) in [6.07, 6.45) is 2.16. The molecule has 0 aliphatic carbocycles. The average molecular weight is 475 g/mol. The van der Waals surface area contributed by atoms with Crippen LogP contribution in [0, 0.1) is 6.92 Å². The summed E-state index contributed by atoms with van der Waals surface area (Å²) in [5.74, 6) is 0.882. The van der Waals surface area contributed by atoms with Crippen molar-refractivity contribution >= 4 is 50.9 Å². The van der Waals surface area contributed by atoms with Crippen molar-refractivity contribution in [2.45, 2.75) is 30.9 Å². The topological polar surface area (TPSA) is 110 Å². The number of carbonyl (C=O) groups is 1. The minimum atomic E-state index is -3.53. The van der Waals surface area contributed by atoms with E-state index < -0.39 is 15.1 Å². The molecular formula is C22H23ClN4O4S. The molecular weight excluding hydrogens is 452 g/mol. The molecule has 3 rings (SSSR count). The Morgan fingerprint density at radius 1 is 1.12 bits per heavy atom. The van der Waals surface area contributed by atoms with Gasteiger partial charge in [0.25, 0.3) is 0 Å². The first kappa shape index (κ1) is 23.5. The maximum atomic E-state index is 12.7. The molecule has 0 saturated carbocycles. The Kier molecular flexibility index (Phi) is 7.00. The number of ether oxygens (including phenoxy) is 1. The van der Waals surface area contributed by atoms with Crippen molar-refractivity contribution in [3.8, 4) is 5.75 Å². The first-order valence-corrected chi connectivity index (χ1v) is 11.6. The van der Waals surface area contributed by atoms with Crippen LogP contribution in [0.2, 0.25) is 5.02 Å². The number of anilines is 4. The van der Waals surface area contributed by atoms with Gasteiger partial charge in [0.05, 0.1) is 34.8 Å². The van der Waals surface area contributed by atoms with Crippen LogP contribution in [-0.2, 0) is 9.84 Å². The van der Waals surface area contributed by atoms with E-state index in [2.05, 4.69) is 20.6 Å². The van der Waals surface area contributed by atoms with Crippen LogP contribution < -0.4 is 15.4 Å². The van der Waals surface area contributed by atoms with Gasteiger partial charge < -0.3 is 15.4 Å². The molecule has 2 aromatic carbocycles. The number of rotatable bonds is 8. The smallest absolute Gasteiger partial charge is 0.229 e. The van der Waals surface area contributed by atoms with Gasteiger partial charge in [0.2, 0.25) is 5.95 Å². The number of para-hydroxylation sites is 1. The molecule has 8 nitrogen and oxygen atoms in total. The molecule has 1 aromatic heterocycles. The lowest BCUT2D eigenvalue weighted by Crippen LogP contribution is -2.15. The van der Waals surface area contributed by atoms with Gasteiger partial charge in [-0.1, -0.05) is 23.7 Å². The summed E-state index contributed by atoms with van der Waals surface area (Å²) in [5.41, 5.74) is 2.18. The normalized spacial score (nSPS) is 11.3. The summed E-state index contributed by atoms with van der Waals surface area (Å²) >= 11 is 6.27. The molecule has 10 heteroatoms. The number of methoxy groups -OCH3 is 1. The molecule has 0 unspecified atom stereocenters. The molecule has 0 aliphatic heterocycles. The van der Waals surface area contributed by atoms with Gasteiger partial charge >= 0.3 is 0 Å². The third-order valence-electron chi connectivity index (χ3n) is 4.77. The summed E-state index contributed by atoms with van der Waals surface area (Å²) in [5, 5.41) is 5.68. The predicted octanol–water partition coefficient (Wildman–Crippen LogP) is 4.93. The first-order chi connectivity index (χ1) is 15.2. The number of nitrogens with one attached hydrogen (secondary N) is 2. The quantitative estimate of drug-likeness (QED) is 0.442. The van der Waals surface area contributed by atoms with E-state index in [0.29, 0.717) is 22.7 Å². The number of aryl methyl sites for hydroxylation is 1. The average Bonchev–Trinajstić information content (AvgIpc) is 2.76. The first-order valence-electron chi connectivity index (χ1n) is 9.70. The van der Waals surface area contributed by atoms with Crippen LogP contribution in [0.1, 0.15) is 29.8 Å². The number of halogens is 1. The minimum Gasteiger partial charge on any atom is -0.495 e. The fourth-order valence-corrected chi connectivity index (χ4v) is 4.27. The fourth-order valence-electron chi connectivity index (χ4n) is 2.93. The number of benzene rings is 2. The Hall–Kier alpha value is -3.17. The summed E-state index contributed by atoms with van der Waals surface area (Å²) in [4.78, 5) is 19.9. The summed E-state index contributed by atoms with van der Waals surface area (Å²) in [6, 6.07) is 9.93. The van der Waals surface area contributed by atoms with Crippen molar-refractivity contribution in [2.75, 3.05) is 17.7 Å². The second-order valence-electron chi connectivity index (χ2n) is 7.26. The van der Waals surface area contributed by atoms with E-state index in [-0.39, 0.29) is 21.7 Å². The maximum Gasteiger partial charge on any atom is 0.229 e. The lowest BCUT2D eigenvalue weighted by molar-refractivity contribution is 0.112. The zero-order chi connectivity index (χ0) is 23.5. The molecule has 0 saturated heterocycles. The van der Waals surface area contributed by atoms with Crippen LogP contribution in [0.4, 0.5) is 23.1 Å². The van der Waals surface area contributed by atoms with Crippen molar-refractivity contribution < 1.29 is 17.9 Å². The van der Waals surface area contributed by atoms with Crippen LogP contribution in [0.25, 0.3) is 0 Å². The summed E-state index contributed by atoms with van der Waals surface area (Å²) in [7, 11) is -2.04. The Labute approximate surface area is 191 Å². The number of hydrogen-bond acceptors (Lipinski definition) is 8. The molecule has 0 spiro atoms. The van der Waals surface area contributed by atoms with E-state index >= 15 is 0 Å². The Balaban J connectivity index is 1.97. The van der Waals surface area contributed by atoms with Crippen LogP contribution in [0.15, 0.2) is 47.5 Å². The van der Waals surface area contributed by atoms with Crippen LogP contribution in [0.3, 0.4) is 0 Å². The van der Waals surface area contributed by atoms with E-state index in [1.807, 2.05) is 0 Å². The zero-order valence-corrected chi connectivity index (χ0v) is 19.6. The second-order valence-corrected chi connectivity index (χ2v) is 10.1. The van der Waals surface area contributed by atoms with Gasteiger partial charge in [0.15, 0.2) is 15.7 Å². The van der Waals surface area contributed by atoms with Gasteiger partial charge in [-0.15, -0.1) is 0 Å². The van der Waals surface area contributed by atoms with Crippen molar-refractivity contribution in [1.82, 2.24) is 9.97 Å². The monoisotopic (exact) mass is 474 g/mol. The fraction of sp³-hybridized carbons (Fsp3) is 0.227. The van der Waals surface area contributed by atoms with Gasteiger partial charge in [0, 0.05) is 5.56 Å². The van der Waals surface area contributed by atoms with Gasteiger partial charge in [-0.25, -0.2) is 13.4 Å². The molecule has 32 heavy (non-hydrogen) atoms. The number of aldehydes is 1. The Morgan fingerprint density at radius 3 is 2.50 bits per heavy atom. The van der Waals surface area contributed by atoms with Crippen molar-refractivity contribution in [3.63, 3.8) is 0 Å². The van der Waals surface area contributed by atoms with Gasteiger partial charge in [0.1, 0.15) is 17.1 Å². The van der Waals surface area contributed by atoms with Crippen molar-refractivity contribution in [1.29, 1.82) is 0 Å². The Bertz CT molecular complexity index is 1260. The predicted molar refractivity (Wildman–Crippen MR) is 125 cm³/mol. The highest BCUT2D eigenvalue weighted by Gasteiger charge is 2.23. The lowest BCUT2D eigenvalue weighted by atomic mass is 10.1. The number of hydrogen-bond donors (Lipinski definition) is 2. The van der Waals surface area contributed by atoms with Gasteiger partial charge in [-0.05, 0) is 50.6 Å². The highest BCUT2D eigenvalue weighted by Crippen LogP contribution is 2.32. The molecule has 2 N–H and O–H groups in total. The highest BCUT2D eigenvalue weighted by atomic mass is 35.5. The highest BCUT2D eigenvalue weighted by molar-refractivity contribution is 7.92. The molecule has 0 atom stereocenters. The van der Waals surface area contributed by atoms with Crippen molar-refractivity contribution in [2.24, 2.45) is 0 Å². The summed E-state index contributed by atoms with van der Waals surface area (Å²) in [6.45, 7) is 5.05.